The second-order valence-electron chi connectivity index (χ2n) is 5.18. The molecule has 0 spiro atoms. The van der Waals surface area contributed by atoms with E-state index in [9.17, 15) is 0 Å². The van der Waals surface area contributed by atoms with Gasteiger partial charge in [0.25, 0.3) is 0 Å². The van der Waals surface area contributed by atoms with Gasteiger partial charge in [0.05, 0.1) is 0 Å². The van der Waals surface area contributed by atoms with Crippen LogP contribution in [0.4, 0.5) is 5.69 Å². The normalized spacial score (nSPS) is 31.5. The summed E-state index contributed by atoms with van der Waals surface area (Å²) in [5, 5.41) is 7.39. The monoisotopic (exact) mass is 248 g/mol. The molecule has 2 atom stereocenters. The lowest BCUT2D eigenvalue weighted by Gasteiger charge is -2.30. The quantitative estimate of drug-likeness (QED) is 0.804. The lowest BCUT2D eigenvalue weighted by Crippen LogP contribution is -2.43. The third kappa shape index (κ3) is 2.61. The van der Waals surface area contributed by atoms with Crippen LogP contribution in [-0.2, 0) is 0 Å². The SMILES string of the molecule is CSc1cccc(NC2CC3CCC(C2)N3)c1. The number of hydrogen-bond donors (Lipinski definition) is 2. The molecule has 2 saturated heterocycles. The van der Waals surface area contributed by atoms with E-state index in [2.05, 4.69) is 41.2 Å². The van der Waals surface area contributed by atoms with Crippen molar-refractivity contribution in [2.24, 2.45) is 0 Å². The maximum Gasteiger partial charge on any atom is 0.0353 e. The van der Waals surface area contributed by atoms with Crippen LogP contribution in [0.5, 0.6) is 0 Å². The van der Waals surface area contributed by atoms with Crippen molar-refractivity contribution in [3.63, 3.8) is 0 Å². The molecular formula is C14H20N2S. The Morgan fingerprint density at radius 1 is 1.24 bits per heavy atom. The van der Waals surface area contributed by atoms with Gasteiger partial charge in [-0.3, -0.25) is 0 Å². The van der Waals surface area contributed by atoms with Gasteiger partial charge in [0.1, 0.15) is 0 Å². The van der Waals surface area contributed by atoms with Gasteiger partial charge in [-0.1, -0.05) is 6.07 Å². The molecule has 2 N–H and O–H groups in total. The summed E-state index contributed by atoms with van der Waals surface area (Å²) >= 11 is 1.81. The minimum atomic E-state index is 0.658. The van der Waals surface area contributed by atoms with Crippen molar-refractivity contribution < 1.29 is 0 Å². The summed E-state index contributed by atoms with van der Waals surface area (Å²) in [5.41, 5.74) is 1.28. The van der Waals surface area contributed by atoms with Crippen molar-refractivity contribution in [2.45, 2.75) is 48.7 Å². The zero-order chi connectivity index (χ0) is 11.7. The van der Waals surface area contributed by atoms with Crippen LogP contribution in [0.3, 0.4) is 0 Å². The first kappa shape index (κ1) is 11.4. The summed E-state index contributed by atoms with van der Waals surface area (Å²) in [6, 6.07) is 10.9. The molecule has 92 valence electrons. The van der Waals surface area contributed by atoms with Crippen molar-refractivity contribution in [1.29, 1.82) is 0 Å². The maximum absolute atomic E-state index is 3.70. The fourth-order valence-electron chi connectivity index (χ4n) is 3.12. The third-order valence-electron chi connectivity index (χ3n) is 3.91. The molecule has 0 radical (unpaired) electrons. The summed E-state index contributed by atoms with van der Waals surface area (Å²) in [4.78, 5) is 1.34. The van der Waals surface area contributed by atoms with Gasteiger partial charge < -0.3 is 10.6 Å². The Morgan fingerprint density at radius 2 is 2.00 bits per heavy atom. The van der Waals surface area contributed by atoms with Crippen LogP contribution in [0.2, 0.25) is 0 Å². The fraction of sp³-hybridized carbons (Fsp3) is 0.571. The molecule has 2 aliphatic rings. The highest BCUT2D eigenvalue weighted by molar-refractivity contribution is 7.98. The minimum absolute atomic E-state index is 0.658. The molecule has 0 aliphatic carbocycles. The fourth-order valence-corrected chi connectivity index (χ4v) is 3.58. The summed E-state index contributed by atoms with van der Waals surface area (Å²) in [5.74, 6) is 0. The van der Waals surface area contributed by atoms with E-state index in [4.69, 9.17) is 0 Å². The van der Waals surface area contributed by atoms with Gasteiger partial charge in [-0.25, -0.2) is 0 Å². The lowest BCUT2D eigenvalue weighted by atomic mass is 9.99. The number of rotatable bonds is 3. The van der Waals surface area contributed by atoms with Crippen LogP contribution >= 0.6 is 11.8 Å². The average Bonchev–Trinajstić information content (AvgIpc) is 2.69. The number of anilines is 1. The Labute approximate surface area is 108 Å². The summed E-state index contributed by atoms with van der Waals surface area (Å²) in [6.07, 6.45) is 7.42. The van der Waals surface area contributed by atoms with Gasteiger partial charge in [0, 0.05) is 28.7 Å². The Bertz CT molecular complexity index is 382. The maximum atomic E-state index is 3.70. The number of fused-ring (bicyclic) bond motifs is 2. The van der Waals surface area contributed by atoms with Crippen LogP contribution in [0, 0.1) is 0 Å². The van der Waals surface area contributed by atoms with Crippen molar-refractivity contribution in [2.75, 3.05) is 11.6 Å². The van der Waals surface area contributed by atoms with Crippen LogP contribution in [-0.4, -0.2) is 24.4 Å². The van der Waals surface area contributed by atoms with Crippen molar-refractivity contribution in [3.05, 3.63) is 24.3 Å². The summed E-state index contributed by atoms with van der Waals surface area (Å²) < 4.78 is 0. The Morgan fingerprint density at radius 3 is 2.71 bits per heavy atom. The number of hydrogen-bond acceptors (Lipinski definition) is 3. The summed E-state index contributed by atoms with van der Waals surface area (Å²) in [6.45, 7) is 0. The van der Waals surface area contributed by atoms with Crippen molar-refractivity contribution >= 4 is 17.4 Å². The molecule has 1 aromatic carbocycles. The van der Waals surface area contributed by atoms with Gasteiger partial charge in [-0.05, 0) is 50.1 Å². The standard InChI is InChI=1S/C14H20N2S/c1-17-14-4-2-3-10(9-14)16-13-7-11-5-6-12(8-13)15-11/h2-4,9,11-13,15-16H,5-8H2,1H3. The van der Waals surface area contributed by atoms with Crippen molar-refractivity contribution in [3.8, 4) is 0 Å². The van der Waals surface area contributed by atoms with E-state index in [-0.39, 0.29) is 0 Å². The highest BCUT2D eigenvalue weighted by Crippen LogP contribution is 2.29. The van der Waals surface area contributed by atoms with Gasteiger partial charge >= 0.3 is 0 Å². The predicted octanol–water partition coefficient (Wildman–Crippen LogP) is 3.10. The molecule has 2 aliphatic heterocycles. The first-order chi connectivity index (χ1) is 8.33. The van der Waals surface area contributed by atoms with E-state index < -0.39 is 0 Å². The van der Waals surface area contributed by atoms with E-state index in [0.29, 0.717) is 6.04 Å². The number of thioether (sulfide) groups is 1. The predicted molar refractivity (Wildman–Crippen MR) is 74.8 cm³/mol. The molecule has 17 heavy (non-hydrogen) atoms. The molecule has 2 bridgehead atoms. The molecule has 0 saturated carbocycles. The number of nitrogens with one attached hydrogen (secondary N) is 2. The zero-order valence-corrected chi connectivity index (χ0v) is 11.1. The van der Waals surface area contributed by atoms with E-state index in [1.807, 2.05) is 0 Å². The molecule has 3 rings (SSSR count). The molecule has 2 unspecified atom stereocenters. The molecule has 2 nitrogen and oxygen atoms in total. The largest absolute Gasteiger partial charge is 0.382 e. The lowest BCUT2D eigenvalue weighted by molar-refractivity contribution is 0.378. The van der Waals surface area contributed by atoms with Crippen LogP contribution in [0.15, 0.2) is 29.2 Å². The minimum Gasteiger partial charge on any atom is -0.382 e. The Balaban J connectivity index is 1.66. The average molecular weight is 248 g/mol. The highest BCUT2D eigenvalue weighted by atomic mass is 32.2. The van der Waals surface area contributed by atoms with E-state index in [1.165, 1.54) is 36.3 Å². The van der Waals surface area contributed by atoms with Crippen LogP contribution in [0.25, 0.3) is 0 Å². The van der Waals surface area contributed by atoms with Gasteiger partial charge in [0.2, 0.25) is 0 Å². The molecule has 0 aromatic heterocycles. The van der Waals surface area contributed by atoms with E-state index in [0.717, 1.165) is 12.1 Å². The van der Waals surface area contributed by atoms with Crippen LogP contribution in [0.1, 0.15) is 25.7 Å². The topological polar surface area (TPSA) is 24.1 Å². The molecule has 2 fully saturated rings. The van der Waals surface area contributed by atoms with E-state index >= 15 is 0 Å². The molecule has 2 heterocycles. The van der Waals surface area contributed by atoms with Crippen molar-refractivity contribution in [1.82, 2.24) is 5.32 Å². The number of piperidine rings is 1. The second kappa shape index (κ2) is 4.91. The molecule has 1 aromatic rings. The Hall–Kier alpha value is -0.670. The van der Waals surface area contributed by atoms with Crippen LogP contribution < -0.4 is 10.6 Å². The zero-order valence-electron chi connectivity index (χ0n) is 10.3. The Kier molecular flexibility index (Phi) is 3.30. The van der Waals surface area contributed by atoms with E-state index in [1.54, 1.807) is 11.8 Å². The number of benzene rings is 1. The second-order valence-corrected chi connectivity index (χ2v) is 6.06. The highest BCUT2D eigenvalue weighted by Gasteiger charge is 2.33. The first-order valence-corrected chi connectivity index (χ1v) is 7.72. The first-order valence-electron chi connectivity index (χ1n) is 6.50. The molecule has 0 amide bonds. The molecule has 3 heteroatoms. The van der Waals surface area contributed by atoms with Gasteiger partial charge in [-0.2, -0.15) is 0 Å². The van der Waals surface area contributed by atoms with Gasteiger partial charge in [0.15, 0.2) is 0 Å². The molecular weight excluding hydrogens is 228 g/mol. The third-order valence-corrected chi connectivity index (χ3v) is 4.64. The van der Waals surface area contributed by atoms with Gasteiger partial charge in [-0.15, -0.1) is 11.8 Å². The summed E-state index contributed by atoms with van der Waals surface area (Å²) in [7, 11) is 0. The smallest absolute Gasteiger partial charge is 0.0353 e.